The second-order valence-corrected chi connectivity index (χ2v) is 8.05. The number of thiophene rings is 1. The molecule has 144 valence electrons. The van der Waals surface area contributed by atoms with Gasteiger partial charge < -0.3 is 10.1 Å². The van der Waals surface area contributed by atoms with Crippen LogP contribution >= 0.6 is 11.3 Å². The zero-order valence-electron chi connectivity index (χ0n) is 15.5. The zero-order valence-corrected chi connectivity index (χ0v) is 16.3. The molecule has 0 radical (unpaired) electrons. The maximum Gasteiger partial charge on any atom is 0.234 e. The van der Waals surface area contributed by atoms with Crippen molar-refractivity contribution in [3.05, 3.63) is 51.7 Å². The van der Waals surface area contributed by atoms with Crippen LogP contribution in [-0.2, 0) is 22.5 Å². The highest BCUT2D eigenvalue weighted by atomic mass is 32.1. The number of aromatic nitrogens is 2. The molecule has 0 bridgehead atoms. The van der Waals surface area contributed by atoms with Crippen molar-refractivity contribution in [2.45, 2.75) is 13.0 Å². The van der Waals surface area contributed by atoms with Gasteiger partial charge in [-0.15, -0.1) is 0 Å². The Morgan fingerprint density at radius 1 is 1.29 bits per heavy atom. The lowest BCUT2D eigenvalue weighted by molar-refractivity contribution is -0.123. The van der Waals surface area contributed by atoms with Crippen LogP contribution in [0.15, 0.2) is 35.0 Å². The van der Waals surface area contributed by atoms with Crippen LogP contribution < -0.4 is 5.32 Å². The third kappa shape index (κ3) is 3.37. The van der Waals surface area contributed by atoms with E-state index in [0.29, 0.717) is 26.3 Å². The number of nitrogens with one attached hydrogen (secondary N) is 2. The van der Waals surface area contributed by atoms with Gasteiger partial charge in [0.25, 0.3) is 0 Å². The van der Waals surface area contributed by atoms with Crippen molar-refractivity contribution in [1.82, 2.24) is 20.4 Å². The first kappa shape index (κ1) is 17.6. The average molecular weight is 395 g/mol. The van der Waals surface area contributed by atoms with Gasteiger partial charge in [-0.2, -0.15) is 16.4 Å². The molecule has 28 heavy (non-hydrogen) atoms. The van der Waals surface area contributed by atoms with Crippen molar-refractivity contribution in [2.24, 2.45) is 0 Å². The molecule has 1 aliphatic carbocycles. The fraction of sp³-hybridized carbons (Fsp3) is 0.333. The topological polar surface area (TPSA) is 70.2 Å². The van der Waals surface area contributed by atoms with Crippen LogP contribution in [0.3, 0.4) is 0 Å². The molecule has 0 atom stereocenters. The van der Waals surface area contributed by atoms with Crippen molar-refractivity contribution >= 4 is 17.2 Å². The van der Waals surface area contributed by atoms with E-state index in [1.54, 1.807) is 11.3 Å². The lowest BCUT2D eigenvalue weighted by Crippen LogP contribution is -2.43. The molecule has 1 aromatic carbocycles. The van der Waals surface area contributed by atoms with Crippen LogP contribution in [0.25, 0.3) is 22.5 Å². The molecule has 3 aromatic rings. The molecule has 5 rings (SSSR count). The Balaban J connectivity index is 1.28. The van der Waals surface area contributed by atoms with E-state index in [-0.39, 0.29) is 5.91 Å². The van der Waals surface area contributed by atoms with Crippen LogP contribution in [0.1, 0.15) is 16.7 Å². The zero-order chi connectivity index (χ0) is 18.9. The standard InChI is InChI=1S/C21H22N4O2S/c26-19(12-25-4-6-27-7-5-25)22-11-14-1-2-15-10-18-20(16-3-8-28-13-16)23-24-21(18)17(15)9-14/h1-3,8-9,13H,4-7,10-12H2,(H,22,26)(H,23,24). The third-order valence-electron chi connectivity index (χ3n) is 5.43. The fourth-order valence-electron chi connectivity index (χ4n) is 3.93. The van der Waals surface area contributed by atoms with E-state index in [4.69, 9.17) is 4.74 Å². The second kappa shape index (κ2) is 7.50. The number of amides is 1. The normalized spacial score (nSPS) is 16.0. The Labute approximate surface area is 167 Å². The van der Waals surface area contributed by atoms with E-state index in [1.165, 1.54) is 22.3 Å². The second-order valence-electron chi connectivity index (χ2n) is 7.27. The van der Waals surface area contributed by atoms with Crippen LogP contribution in [0.5, 0.6) is 0 Å². The number of ether oxygens (including phenoxy) is 1. The van der Waals surface area contributed by atoms with Crippen LogP contribution in [0.2, 0.25) is 0 Å². The van der Waals surface area contributed by atoms with E-state index in [0.717, 1.165) is 36.5 Å². The third-order valence-corrected chi connectivity index (χ3v) is 6.12. The minimum absolute atomic E-state index is 0.0596. The summed E-state index contributed by atoms with van der Waals surface area (Å²) in [6.07, 6.45) is 0.899. The van der Waals surface area contributed by atoms with Gasteiger partial charge in [-0.1, -0.05) is 12.1 Å². The number of hydrogen-bond acceptors (Lipinski definition) is 5. The summed E-state index contributed by atoms with van der Waals surface area (Å²) in [4.78, 5) is 14.4. The minimum Gasteiger partial charge on any atom is -0.379 e. The first-order chi connectivity index (χ1) is 13.8. The van der Waals surface area contributed by atoms with Gasteiger partial charge in [-0.3, -0.25) is 14.8 Å². The number of carbonyl (C=O) groups is 1. The number of carbonyl (C=O) groups excluding carboxylic acids is 1. The van der Waals surface area contributed by atoms with E-state index in [2.05, 4.69) is 55.4 Å². The Hall–Kier alpha value is -2.48. The van der Waals surface area contributed by atoms with Gasteiger partial charge in [0.05, 0.1) is 31.1 Å². The summed E-state index contributed by atoms with van der Waals surface area (Å²) in [5.74, 6) is 0.0596. The molecule has 0 saturated carbocycles. The smallest absolute Gasteiger partial charge is 0.234 e. The Kier molecular flexibility index (Phi) is 4.72. The van der Waals surface area contributed by atoms with Gasteiger partial charge in [-0.05, 0) is 28.6 Å². The van der Waals surface area contributed by atoms with Crippen LogP contribution in [-0.4, -0.2) is 53.9 Å². The van der Waals surface area contributed by atoms with Crippen LogP contribution in [0.4, 0.5) is 0 Å². The maximum absolute atomic E-state index is 12.2. The van der Waals surface area contributed by atoms with E-state index < -0.39 is 0 Å². The van der Waals surface area contributed by atoms with Gasteiger partial charge in [0.1, 0.15) is 0 Å². The van der Waals surface area contributed by atoms with Gasteiger partial charge in [0, 0.05) is 48.1 Å². The summed E-state index contributed by atoms with van der Waals surface area (Å²) in [5.41, 5.74) is 8.21. The summed E-state index contributed by atoms with van der Waals surface area (Å²) >= 11 is 1.69. The lowest BCUT2D eigenvalue weighted by Gasteiger charge is -2.25. The number of fused-ring (bicyclic) bond motifs is 3. The number of aromatic amines is 1. The number of hydrogen-bond donors (Lipinski definition) is 2. The van der Waals surface area contributed by atoms with Crippen molar-refractivity contribution in [3.63, 3.8) is 0 Å². The van der Waals surface area contributed by atoms with Crippen molar-refractivity contribution in [2.75, 3.05) is 32.8 Å². The van der Waals surface area contributed by atoms with Crippen molar-refractivity contribution in [3.8, 4) is 22.5 Å². The summed E-state index contributed by atoms with van der Waals surface area (Å²) in [5, 5.41) is 15.0. The van der Waals surface area contributed by atoms with Crippen molar-refractivity contribution < 1.29 is 9.53 Å². The fourth-order valence-corrected chi connectivity index (χ4v) is 4.57. The van der Waals surface area contributed by atoms with Gasteiger partial charge in [0.2, 0.25) is 5.91 Å². The lowest BCUT2D eigenvalue weighted by atomic mass is 10.1. The number of rotatable bonds is 5. The van der Waals surface area contributed by atoms with Gasteiger partial charge in [-0.25, -0.2) is 0 Å². The average Bonchev–Trinajstić information content (AvgIpc) is 3.43. The number of nitrogens with zero attached hydrogens (tertiary/aromatic N) is 2. The molecule has 7 heteroatoms. The summed E-state index contributed by atoms with van der Waals surface area (Å²) in [6.45, 7) is 4.03. The molecule has 6 nitrogen and oxygen atoms in total. The number of morpholine rings is 1. The molecule has 1 amide bonds. The molecule has 3 heterocycles. The molecule has 1 saturated heterocycles. The summed E-state index contributed by atoms with van der Waals surface area (Å²) in [7, 11) is 0. The molecule has 1 aliphatic heterocycles. The number of H-pyrrole nitrogens is 1. The molecule has 2 aliphatic rings. The quantitative estimate of drug-likeness (QED) is 0.546. The minimum atomic E-state index is 0.0596. The first-order valence-electron chi connectivity index (χ1n) is 9.57. The van der Waals surface area contributed by atoms with E-state index in [1.807, 2.05) is 0 Å². The van der Waals surface area contributed by atoms with Gasteiger partial charge in [0.15, 0.2) is 0 Å². The predicted octanol–water partition coefficient (Wildman–Crippen LogP) is 2.66. The summed E-state index contributed by atoms with van der Waals surface area (Å²) < 4.78 is 5.33. The van der Waals surface area contributed by atoms with Crippen LogP contribution in [0, 0.1) is 0 Å². The Morgan fingerprint density at radius 2 is 2.18 bits per heavy atom. The number of benzene rings is 1. The van der Waals surface area contributed by atoms with E-state index in [9.17, 15) is 4.79 Å². The summed E-state index contributed by atoms with van der Waals surface area (Å²) in [6, 6.07) is 8.56. The Morgan fingerprint density at radius 3 is 3.00 bits per heavy atom. The highest BCUT2D eigenvalue weighted by molar-refractivity contribution is 7.08. The SMILES string of the molecule is O=C(CN1CCOCC1)NCc1ccc2c(c1)-c1[nH]nc(-c3ccsc3)c1C2. The molecular formula is C21H22N4O2S. The molecular weight excluding hydrogens is 372 g/mol. The molecule has 0 unspecified atom stereocenters. The van der Waals surface area contributed by atoms with E-state index >= 15 is 0 Å². The van der Waals surface area contributed by atoms with Gasteiger partial charge >= 0.3 is 0 Å². The monoisotopic (exact) mass is 394 g/mol. The molecule has 2 aromatic heterocycles. The van der Waals surface area contributed by atoms with Crippen molar-refractivity contribution in [1.29, 1.82) is 0 Å². The molecule has 2 N–H and O–H groups in total. The highest BCUT2D eigenvalue weighted by Gasteiger charge is 2.25. The molecule has 1 fully saturated rings. The first-order valence-corrected chi connectivity index (χ1v) is 10.5. The Bertz CT molecular complexity index is 990. The largest absolute Gasteiger partial charge is 0.379 e. The maximum atomic E-state index is 12.2. The molecule has 0 spiro atoms. The highest BCUT2D eigenvalue weighted by Crippen LogP contribution is 2.40. The predicted molar refractivity (Wildman–Crippen MR) is 109 cm³/mol.